The van der Waals surface area contributed by atoms with Crippen molar-refractivity contribution in [3.05, 3.63) is 35.4 Å². The third-order valence-electron chi connectivity index (χ3n) is 5.64. The van der Waals surface area contributed by atoms with Crippen LogP contribution in [0.5, 0.6) is 0 Å². The van der Waals surface area contributed by atoms with Crippen LogP contribution in [0.3, 0.4) is 0 Å². The molecule has 1 heterocycles. The molecule has 5 nitrogen and oxygen atoms in total. The molecule has 1 saturated carbocycles. The van der Waals surface area contributed by atoms with E-state index in [9.17, 15) is 9.59 Å². The van der Waals surface area contributed by atoms with Crippen molar-refractivity contribution in [1.29, 1.82) is 0 Å². The van der Waals surface area contributed by atoms with E-state index in [0.29, 0.717) is 13.2 Å². The molecule has 0 amide bonds. The van der Waals surface area contributed by atoms with E-state index in [1.54, 1.807) is 6.92 Å². The molecule has 2 fully saturated rings. The van der Waals surface area contributed by atoms with Gasteiger partial charge in [0.1, 0.15) is 0 Å². The Bertz CT molecular complexity index is 661. The zero-order chi connectivity index (χ0) is 16.7. The lowest BCUT2D eigenvalue weighted by atomic mass is 9.58. The van der Waals surface area contributed by atoms with Crippen molar-refractivity contribution in [2.45, 2.75) is 43.8 Å². The number of Topliss-reactive ketones (excluding diaryl/α,β-unsaturated/α-hetero) is 1. The van der Waals surface area contributed by atoms with Crippen LogP contribution < -0.4 is 0 Å². The second-order valence-electron chi connectivity index (χ2n) is 6.84. The molecule has 5 heteroatoms. The lowest BCUT2D eigenvalue weighted by Crippen LogP contribution is -2.50. The van der Waals surface area contributed by atoms with Gasteiger partial charge in [0.05, 0.1) is 19.8 Å². The highest BCUT2D eigenvalue weighted by Crippen LogP contribution is 2.60. The molecule has 1 aromatic carbocycles. The second-order valence-corrected chi connectivity index (χ2v) is 6.84. The van der Waals surface area contributed by atoms with E-state index in [0.717, 1.165) is 12.8 Å². The Morgan fingerprint density at radius 3 is 2.62 bits per heavy atom. The fourth-order valence-electron chi connectivity index (χ4n) is 4.70. The van der Waals surface area contributed by atoms with E-state index in [4.69, 9.17) is 14.2 Å². The Balaban J connectivity index is 1.61. The first-order valence-corrected chi connectivity index (χ1v) is 8.71. The third kappa shape index (κ3) is 2.38. The lowest BCUT2D eigenvalue weighted by Gasteiger charge is -2.52. The van der Waals surface area contributed by atoms with E-state index >= 15 is 0 Å². The smallest absolute Gasteiger partial charge is 0.374 e. The van der Waals surface area contributed by atoms with Crippen molar-refractivity contribution in [3.8, 4) is 0 Å². The summed E-state index contributed by atoms with van der Waals surface area (Å²) in [5.41, 5.74) is 2.55. The van der Waals surface area contributed by atoms with Crippen LogP contribution >= 0.6 is 0 Å². The van der Waals surface area contributed by atoms with Gasteiger partial charge in [-0.25, -0.2) is 4.79 Å². The predicted octanol–water partition coefficient (Wildman–Crippen LogP) is 2.54. The molecular weight excluding hydrogens is 308 g/mol. The van der Waals surface area contributed by atoms with E-state index < -0.39 is 17.5 Å². The number of hydrogen-bond donors (Lipinski definition) is 0. The van der Waals surface area contributed by atoms with Crippen molar-refractivity contribution >= 4 is 11.8 Å². The highest BCUT2D eigenvalue weighted by molar-refractivity contribution is 6.33. The molecule has 5 rings (SSSR count). The number of carbonyl (C=O) groups excluding carboxylic acids is 2. The topological polar surface area (TPSA) is 61.8 Å². The number of esters is 1. The molecule has 128 valence electrons. The summed E-state index contributed by atoms with van der Waals surface area (Å²) in [5, 5.41) is 0. The first-order valence-electron chi connectivity index (χ1n) is 8.71. The van der Waals surface area contributed by atoms with Crippen molar-refractivity contribution in [3.63, 3.8) is 0 Å². The molecule has 1 aromatic rings. The van der Waals surface area contributed by atoms with Crippen molar-refractivity contribution in [1.82, 2.24) is 0 Å². The van der Waals surface area contributed by atoms with E-state index in [2.05, 4.69) is 12.1 Å². The van der Waals surface area contributed by atoms with Crippen LogP contribution in [-0.4, -0.2) is 37.4 Å². The fraction of sp³-hybridized carbons (Fsp3) is 0.579. The van der Waals surface area contributed by atoms with E-state index in [-0.39, 0.29) is 30.8 Å². The molecule has 2 bridgehead atoms. The largest absolute Gasteiger partial charge is 0.460 e. The zero-order valence-corrected chi connectivity index (χ0v) is 13.8. The Hall–Kier alpha value is -1.72. The molecular formula is C19H22O5. The molecule has 0 aromatic heterocycles. The molecule has 1 spiro atoms. The van der Waals surface area contributed by atoms with Crippen LogP contribution in [0.25, 0.3) is 0 Å². The van der Waals surface area contributed by atoms with Gasteiger partial charge in [0.2, 0.25) is 5.78 Å². The van der Waals surface area contributed by atoms with Crippen LogP contribution in [0.4, 0.5) is 0 Å². The Morgan fingerprint density at radius 1 is 1.21 bits per heavy atom. The third-order valence-corrected chi connectivity index (χ3v) is 5.64. The first kappa shape index (κ1) is 15.8. The molecule has 1 aliphatic heterocycles. The van der Waals surface area contributed by atoms with Crippen LogP contribution in [0.15, 0.2) is 24.3 Å². The molecule has 3 aliphatic carbocycles. The summed E-state index contributed by atoms with van der Waals surface area (Å²) in [4.78, 5) is 23.9. The Labute approximate surface area is 141 Å². The standard InChI is InChI=1S/C19H22O5/c1-2-22-18(21)17(20)10-12-9-16-14-6-4-3-5-13(14)15(12)11-19(16)23-7-8-24-19/h3-6,12,15-16H,2,7-11H2,1H3/t12-,15-,16-/m1/s1. The number of carbonyl (C=O) groups is 2. The first-order chi connectivity index (χ1) is 11.6. The van der Waals surface area contributed by atoms with Gasteiger partial charge in [0.15, 0.2) is 5.79 Å². The van der Waals surface area contributed by atoms with Crippen LogP contribution in [0.1, 0.15) is 49.1 Å². The van der Waals surface area contributed by atoms with Gasteiger partial charge < -0.3 is 14.2 Å². The van der Waals surface area contributed by atoms with Crippen LogP contribution in [0.2, 0.25) is 0 Å². The monoisotopic (exact) mass is 330 g/mol. The highest BCUT2D eigenvalue weighted by atomic mass is 16.7. The van der Waals surface area contributed by atoms with Crippen molar-refractivity contribution < 1.29 is 23.8 Å². The SMILES string of the molecule is CCOC(=O)C(=O)C[C@H]1C[C@@H]2c3ccccc3[C@@H]1CC21OCCO1. The summed E-state index contributed by atoms with van der Waals surface area (Å²) in [6.45, 7) is 3.19. The normalized spacial score (nSPS) is 29.5. The minimum absolute atomic E-state index is 0.126. The average Bonchev–Trinajstić information content (AvgIpc) is 3.05. The number of benzene rings is 1. The van der Waals surface area contributed by atoms with Gasteiger partial charge in [-0.1, -0.05) is 24.3 Å². The van der Waals surface area contributed by atoms with Crippen molar-refractivity contribution in [2.75, 3.05) is 19.8 Å². The second kappa shape index (κ2) is 5.97. The quantitative estimate of drug-likeness (QED) is 0.627. The molecule has 1 saturated heterocycles. The average molecular weight is 330 g/mol. The molecule has 0 radical (unpaired) electrons. The number of fused-ring (bicyclic) bond motifs is 1. The molecule has 0 unspecified atom stereocenters. The minimum atomic E-state index is -0.713. The Kier molecular flexibility index (Phi) is 3.93. The van der Waals surface area contributed by atoms with Gasteiger partial charge >= 0.3 is 5.97 Å². The van der Waals surface area contributed by atoms with E-state index in [1.807, 2.05) is 12.1 Å². The number of rotatable bonds is 4. The zero-order valence-electron chi connectivity index (χ0n) is 13.8. The Morgan fingerprint density at radius 2 is 1.92 bits per heavy atom. The summed E-state index contributed by atoms with van der Waals surface area (Å²) in [6.07, 6.45) is 1.81. The minimum Gasteiger partial charge on any atom is -0.460 e. The maximum absolute atomic E-state index is 12.2. The summed E-state index contributed by atoms with van der Waals surface area (Å²) in [6, 6.07) is 8.35. The molecule has 24 heavy (non-hydrogen) atoms. The van der Waals surface area contributed by atoms with Crippen molar-refractivity contribution in [2.24, 2.45) is 5.92 Å². The number of ether oxygens (including phenoxy) is 3. The van der Waals surface area contributed by atoms with Gasteiger partial charge in [0, 0.05) is 18.8 Å². The summed E-state index contributed by atoms with van der Waals surface area (Å²) in [7, 11) is 0. The summed E-state index contributed by atoms with van der Waals surface area (Å²) >= 11 is 0. The van der Waals surface area contributed by atoms with Gasteiger partial charge in [-0.3, -0.25) is 4.79 Å². The summed E-state index contributed by atoms with van der Waals surface area (Å²) < 4.78 is 16.9. The van der Waals surface area contributed by atoms with E-state index in [1.165, 1.54) is 11.1 Å². The van der Waals surface area contributed by atoms with Gasteiger partial charge in [-0.2, -0.15) is 0 Å². The number of ketones is 1. The van der Waals surface area contributed by atoms with Gasteiger partial charge in [0.25, 0.3) is 0 Å². The number of hydrogen-bond acceptors (Lipinski definition) is 5. The lowest BCUT2D eigenvalue weighted by molar-refractivity contribution is -0.208. The fourth-order valence-corrected chi connectivity index (χ4v) is 4.70. The van der Waals surface area contributed by atoms with Gasteiger partial charge in [-0.05, 0) is 36.3 Å². The maximum Gasteiger partial charge on any atom is 0.374 e. The summed E-state index contributed by atoms with van der Waals surface area (Å²) in [5.74, 6) is -1.23. The van der Waals surface area contributed by atoms with Crippen LogP contribution in [0, 0.1) is 5.92 Å². The van der Waals surface area contributed by atoms with Crippen LogP contribution in [-0.2, 0) is 23.8 Å². The van der Waals surface area contributed by atoms with Gasteiger partial charge in [-0.15, -0.1) is 0 Å². The highest BCUT2D eigenvalue weighted by Gasteiger charge is 2.57. The predicted molar refractivity (Wildman–Crippen MR) is 85.5 cm³/mol. The molecule has 3 atom stereocenters. The molecule has 0 N–H and O–H groups in total. The molecule has 4 aliphatic rings. The maximum atomic E-state index is 12.2.